The van der Waals surface area contributed by atoms with Gasteiger partial charge in [-0.15, -0.1) is 10.2 Å². The van der Waals surface area contributed by atoms with E-state index < -0.39 is 23.7 Å². The molecule has 2 amide bonds. The lowest BCUT2D eigenvalue weighted by Crippen LogP contribution is -2.33. The van der Waals surface area contributed by atoms with Gasteiger partial charge in [0.1, 0.15) is 17.4 Å². The van der Waals surface area contributed by atoms with Crippen molar-refractivity contribution in [2.75, 3.05) is 12.4 Å². The first kappa shape index (κ1) is 26.4. The highest BCUT2D eigenvalue weighted by molar-refractivity contribution is 7.98. The monoisotopic (exact) mass is 543 g/mol. The smallest absolute Gasteiger partial charge is 0.319 e. The number of nitrogens with one attached hydrogen (secondary N) is 2. The molecule has 0 radical (unpaired) electrons. The van der Waals surface area contributed by atoms with Crippen LogP contribution >= 0.6 is 23.4 Å². The van der Waals surface area contributed by atoms with E-state index >= 15 is 0 Å². The first-order chi connectivity index (χ1) is 17.7. The Morgan fingerprint density at radius 1 is 1.14 bits per heavy atom. The Balaban J connectivity index is 1.61. The van der Waals surface area contributed by atoms with Crippen LogP contribution in [0.25, 0.3) is 5.69 Å². The minimum Gasteiger partial charge on any atom is -0.497 e. The summed E-state index contributed by atoms with van der Waals surface area (Å²) in [6.45, 7) is 3.67. The molecule has 0 aliphatic rings. The largest absolute Gasteiger partial charge is 0.497 e. The van der Waals surface area contributed by atoms with Crippen LogP contribution in [0.4, 0.5) is 19.3 Å². The third kappa shape index (κ3) is 6.39. The summed E-state index contributed by atoms with van der Waals surface area (Å²) in [5.41, 5.74) is 2.58. The molecule has 1 unspecified atom stereocenters. The first-order valence-corrected chi connectivity index (χ1v) is 12.6. The van der Waals surface area contributed by atoms with Gasteiger partial charge in [-0.25, -0.2) is 13.6 Å². The highest BCUT2D eigenvalue weighted by atomic mass is 35.5. The summed E-state index contributed by atoms with van der Waals surface area (Å²) in [5, 5.41) is 15.0. The third-order valence-electron chi connectivity index (χ3n) is 5.49. The van der Waals surface area contributed by atoms with Crippen LogP contribution in [0.1, 0.15) is 29.9 Å². The SMILES string of the molecule is COc1cccc(CSc2nnc(C(C)NC(=O)Nc3ccc(F)cc3F)n2-c2cc(Cl)ccc2C)c1. The van der Waals surface area contributed by atoms with Crippen LogP contribution < -0.4 is 15.4 Å². The predicted octanol–water partition coefficient (Wildman–Crippen LogP) is 6.69. The summed E-state index contributed by atoms with van der Waals surface area (Å²) < 4.78 is 34.3. The van der Waals surface area contributed by atoms with Crippen LogP contribution in [0, 0.1) is 18.6 Å². The van der Waals surface area contributed by atoms with Gasteiger partial charge in [0, 0.05) is 16.8 Å². The molecule has 11 heteroatoms. The summed E-state index contributed by atoms with van der Waals surface area (Å²) in [7, 11) is 1.62. The highest BCUT2D eigenvalue weighted by Gasteiger charge is 2.23. The number of thioether (sulfide) groups is 1. The number of hydrogen-bond acceptors (Lipinski definition) is 5. The molecule has 37 heavy (non-hydrogen) atoms. The first-order valence-electron chi connectivity index (χ1n) is 11.2. The van der Waals surface area contributed by atoms with Gasteiger partial charge in [0.05, 0.1) is 24.5 Å². The second kappa shape index (κ2) is 11.6. The molecule has 0 fully saturated rings. The number of benzene rings is 3. The second-order valence-corrected chi connectivity index (χ2v) is 9.57. The number of ether oxygens (including phenoxy) is 1. The number of urea groups is 1. The van der Waals surface area contributed by atoms with Gasteiger partial charge in [-0.3, -0.25) is 4.57 Å². The molecule has 192 valence electrons. The van der Waals surface area contributed by atoms with Crippen LogP contribution in [0.15, 0.2) is 65.8 Å². The fraction of sp³-hybridized carbons (Fsp3) is 0.192. The van der Waals surface area contributed by atoms with Gasteiger partial charge in [-0.1, -0.05) is 41.6 Å². The quantitative estimate of drug-likeness (QED) is 0.242. The Hall–Kier alpha value is -3.63. The van der Waals surface area contributed by atoms with Crippen molar-refractivity contribution in [1.29, 1.82) is 0 Å². The fourth-order valence-electron chi connectivity index (χ4n) is 3.63. The predicted molar refractivity (Wildman–Crippen MR) is 141 cm³/mol. The number of nitrogens with zero attached hydrogens (tertiary/aromatic N) is 3. The van der Waals surface area contributed by atoms with E-state index in [0.717, 1.165) is 34.7 Å². The van der Waals surface area contributed by atoms with E-state index in [1.54, 1.807) is 26.2 Å². The van der Waals surface area contributed by atoms with E-state index in [1.807, 2.05) is 41.8 Å². The lowest BCUT2D eigenvalue weighted by atomic mass is 10.2. The Morgan fingerprint density at radius 3 is 2.70 bits per heavy atom. The van der Waals surface area contributed by atoms with Crippen LogP contribution in [-0.4, -0.2) is 27.9 Å². The van der Waals surface area contributed by atoms with Gasteiger partial charge in [-0.05, 0) is 61.4 Å². The van der Waals surface area contributed by atoms with Crippen molar-refractivity contribution in [3.05, 3.63) is 94.3 Å². The van der Waals surface area contributed by atoms with Crippen LogP contribution in [0.3, 0.4) is 0 Å². The summed E-state index contributed by atoms with van der Waals surface area (Å²) in [5.74, 6) is 0.194. The summed E-state index contributed by atoms with van der Waals surface area (Å²) >= 11 is 7.78. The zero-order valence-corrected chi connectivity index (χ0v) is 21.8. The van der Waals surface area contributed by atoms with E-state index in [9.17, 15) is 13.6 Å². The molecular formula is C26H24ClF2N5O2S. The average Bonchev–Trinajstić information content (AvgIpc) is 3.30. The maximum absolute atomic E-state index is 14.0. The van der Waals surface area contributed by atoms with Crippen molar-refractivity contribution in [2.24, 2.45) is 0 Å². The molecule has 3 aromatic carbocycles. The molecule has 2 N–H and O–H groups in total. The standard InChI is InChI=1S/C26H24ClF2N5O2S/c1-15-7-8-18(27)12-23(15)34-24(16(2)30-25(35)31-22-10-9-19(28)13-21(22)29)32-33-26(34)37-14-17-5-4-6-20(11-17)36-3/h4-13,16H,14H2,1-3H3,(H2,30,31,35). The van der Waals surface area contributed by atoms with Crippen LogP contribution in [-0.2, 0) is 5.75 Å². The minimum absolute atomic E-state index is 0.146. The van der Waals surface area contributed by atoms with Gasteiger partial charge in [0.15, 0.2) is 11.0 Å². The molecule has 1 aromatic heterocycles. The molecule has 7 nitrogen and oxygen atoms in total. The Labute approximate surface area is 222 Å². The van der Waals surface area contributed by atoms with Crippen molar-refractivity contribution in [2.45, 2.75) is 30.8 Å². The van der Waals surface area contributed by atoms with E-state index in [4.69, 9.17) is 16.3 Å². The average molecular weight is 544 g/mol. The number of aromatic nitrogens is 3. The maximum atomic E-state index is 14.0. The second-order valence-electron chi connectivity index (χ2n) is 8.19. The zero-order chi connectivity index (χ0) is 26.5. The van der Waals surface area contributed by atoms with Crippen LogP contribution in [0.2, 0.25) is 5.02 Å². The number of hydrogen-bond donors (Lipinski definition) is 2. The Kier molecular flexibility index (Phi) is 8.30. The molecule has 4 aromatic rings. The topological polar surface area (TPSA) is 81.1 Å². The molecular weight excluding hydrogens is 520 g/mol. The number of halogens is 3. The van der Waals surface area contributed by atoms with Crippen molar-refractivity contribution in [3.63, 3.8) is 0 Å². The Bertz CT molecular complexity index is 1430. The van der Waals surface area contributed by atoms with Gasteiger partial charge < -0.3 is 15.4 Å². The summed E-state index contributed by atoms with van der Waals surface area (Å²) in [6.07, 6.45) is 0. The minimum atomic E-state index is -0.878. The number of anilines is 1. The summed E-state index contributed by atoms with van der Waals surface area (Å²) in [4.78, 5) is 12.6. The zero-order valence-electron chi connectivity index (χ0n) is 20.3. The molecule has 0 aliphatic carbocycles. The summed E-state index contributed by atoms with van der Waals surface area (Å²) in [6, 6.07) is 14.8. The van der Waals surface area contributed by atoms with Crippen LogP contribution in [0.5, 0.6) is 5.75 Å². The van der Waals surface area contributed by atoms with E-state index in [2.05, 4.69) is 20.8 Å². The number of rotatable bonds is 8. The number of methoxy groups -OCH3 is 1. The van der Waals surface area contributed by atoms with E-state index in [0.29, 0.717) is 27.8 Å². The molecule has 0 bridgehead atoms. The van der Waals surface area contributed by atoms with Crippen molar-refractivity contribution >= 4 is 35.1 Å². The molecule has 0 saturated carbocycles. The molecule has 1 atom stereocenters. The fourth-order valence-corrected chi connectivity index (χ4v) is 4.69. The Morgan fingerprint density at radius 2 is 1.95 bits per heavy atom. The van der Waals surface area contributed by atoms with Crippen molar-refractivity contribution < 1.29 is 18.3 Å². The van der Waals surface area contributed by atoms with E-state index in [1.165, 1.54) is 11.8 Å². The molecule has 0 saturated heterocycles. The number of carbonyl (C=O) groups excluding carboxylic acids is 1. The third-order valence-corrected chi connectivity index (χ3v) is 6.72. The highest BCUT2D eigenvalue weighted by Crippen LogP contribution is 2.31. The number of aryl methyl sites for hydroxylation is 1. The molecule has 0 spiro atoms. The van der Waals surface area contributed by atoms with Crippen molar-refractivity contribution in [3.8, 4) is 11.4 Å². The lowest BCUT2D eigenvalue weighted by Gasteiger charge is -2.18. The lowest BCUT2D eigenvalue weighted by molar-refractivity contribution is 0.248. The van der Waals surface area contributed by atoms with Gasteiger partial charge in [-0.2, -0.15) is 0 Å². The maximum Gasteiger partial charge on any atom is 0.319 e. The van der Waals surface area contributed by atoms with Crippen molar-refractivity contribution in [1.82, 2.24) is 20.1 Å². The van der Waals surface area contributed by atoms with Gasteiger partial charge in [0.25, 0.3) is 0 Å². The van der Waals surface area contributed by atoms with E-state index in [-0.39, 0.29) is 5.69 Å². The molecule has 0 aliphatic heterocycles. The normalized spacial score (nSPS) is 11.7. The number of carbonyl (C=O) groups is 1. The molecule has 4 rings (SSSR count). The van der Waals surface area contributed by atoms with Gasteiger partial charge in [0.2, 0.25) is 0 Å². The molecule has 1 heterocycles. The van der Waals surface area contributed by atoms with Gasteiger partial charge >= 0.3 is 6.03 Å². The number of amides is 2.